The van der Waals surface area contributed by atoms with Gasteiger partial charge in [0.25, 0.3) is 0 Å². The van der Waals surface area contributed by atoms with Crippen LogP contribution in [0.2, 0.25) is 0 Å². The van der Waals surface area contributed by atoms with Crippen molar-refractivity contribution in [2.75, 3.05) is 33.4 Å². The molecule has 0 aliphatic carbocycles. The molecule has 0 radical (unpaired) electrons. The summed E-state index contributed by atoms with van der Waals surface area (Å²) in [6, 6.07) is 10.7. The quantitative estimate of drug-likeness (QED) is 0.882. The summed E-state index contributed by atoms with van der Waals surface area (Å²) in [5.74, 6) is 0. The molecule has 19 heavy (non-hydrogen) atoms. The van der Waals surface area contributed by atoms with Crippen molar-refractivity contribution in [3.63, 3.8) is 0 Å². The molecule has 1 aromatic rings. The van der Waals surface area contributed by atoms with Gasteiger partial charge in [-0.3, -0.25) is 4.90 Å². The van der Waals surface area contributed by atoms with Gasteiger partial charge in [-0.2, -0.15) is 0 Å². The number of piperidine rings is 1. The first-order valence-electron chi connectivity index (χ1n) is 7.09. The summed E-state index contributed by atoms with van der Waals surface area (Å²) in [5, 5.41) is 9.88. The number of ether oxygens (including phenoxy) is 1. The molecule has 1 fully saturated rings. The van der Waals surface area contributed by atoms with Crippen LogP contribution >= 0.6 is 0 Å². The van der Waals surface area contributed by atoms with E-state index >= 15 is 0 Å². The number of β-amino-alcohol motifs (C(OH)–C–C–N with tert-alkyl or cyclic N) is 1. The minimum atomic E-state index is -0.386. The van der Waals surface area contributed by atoms with Gasteiger partial charge in [-0.25, -0.2) is 0 Å². The van der Waals surface area contributed by atoms with E-state index in [1.807, 2.05) is 0 Å². The number of benzene rings is 1. The van der Waals surface area contributed by atoms with Gasteiger partial charge < -0.3 is 9.84 Å². The molecule has 0 unspecified atom stereocenters. The monoisotopic (exact) mass is 263 g/mol. The van der Waals surface area contributed by atoms with E-state index in [1.165, 1.54) is 18.4 Å². The number of hydrogen-bond donors (Lipinski definition) is 1. The molecule has 1 saturated heterocycles. The molecule has 1 N–H and O–H groups in total. The standard InChI is InChI=1S/C16H25NO2/c1-16(14-7-4-3-5-8-14)9-6-10-17(13-16)11-15(18)12-19-2/h3-5,7-8,15,18H,6,9-13H2,1-2H3/t15-,16+/m1/s1. The van der Waals surface area contributed by atoms with E-state index in [-0.39, 0.29) is 11.5 Å². The number of nitrogens with zero attached hydrogens (tertiary/aromatic N) is 1. The second-order valence-corrected chi connectivity index (χ2v) is 5.87. The number of hydrogen-bond acceptors (Lipinski definition) is 3. The van der Waals surface area contributed by atoms with Crippen LogP contribution in [0, 0.1) is 0 Å². The summed E-state index contributed by atoms with van der Waals surface area (Å²) in [5.41, 5.74) is 1.60. The highest BCUT2D eigenvalue weighted by molar-refractivity contribution is 5.25. The minimum Gasteiger partial charge on any atom is -0.389 e. The van der Waals surface area contributed by atoms with E-state index in [0.29, 0.717) is 13.2 Å². The van der Waals surface area contributed by atoms with Crippen molar-refractivity contribution in [1.82, 2.24) is 4.90 Å². The molecule has 0 saturated carbocycles. The van der Waals surface area contributed by atoms with Gasteiger partial charge in [0.2, 0.25) is 0 Å². The summed E-state index contributed by atoms with van der Waals surface area (Å²) in [6.07, 6.45) is 2.02. The third kappa shape index (κ3) is 3.78. The molecule has 0 bridgehead atoms. The summed E-state index contributed by atoms with van der Waals surface area (Å²) >= 11 is 0. The Bertz CT molecular complexity index is 382. The Balaban J connectivity index is 2.00. The van der Waals surface area contributed by atoms with Crippen molar-refractivity contribution in [2.24, 2.45) is 0 Å². The number of likely N-dealkylation sites (tertiary alicyclic amines) is 1. The van der Waals surface area contributed by atoms with Crippen LogP contribution in [-0.4, -0.2) is 49.5 Å². The highest BCUT2D eigenvalue weighted by Gasteiger charge is 2.32. The molecule has 1 aromatic carbocycles. The van der Waals surface area contributed by atoms with Gasteiger partial charge in [-0.05, 0) is 24.9 Å². The van der Waals surface area contributed by atoms with Crippen molar-refractivity contribution in [2.45, 2.75) is 31.3 Å². The average molecular weight is 263 g/mol. The van der Waals surface area contributed by atoms with E-state index in [0.717, 1.165) is 13.1 Å². The van der Waals surface area contributed by atoms with Crippen LogP contribution < -0.4 is 0 Å². The molecule has 1 aliphatic rings. The van der Waals surface area contributed by atoms with Crippen molar-refractivity contribution in [3.05, 3.63) is 35.9 Å². The lowest BCUT2D eigenvalue weighted by molar-refractivity contribution is 0.0245. The Kier molecular flexibility index (Phi) is 4.97. The summed E-state index contributed by atoms with van der Waals surface area (Å²) in [4.78, 5) is 2.36. The number of methoxy groups -OCH3 is 1. The topological polar surface area (TPSA) is 32.7 Å². The van der Waals surface area contributed by atoms with Gasteiger partial charge in [0, 0.05) is 25.6 Å². The lowest BCUT2D eigenvalue weighted by Gasteiger charge is -2.41. The number of rotatable bonds is 5. The van der Waals surface area contributed by atoms with E-state index in [1.54, 1.807) is 7.11 Å². The summed E-state index contributed by atoms with van der Waals surface area (Å²) in [6.45, 7) is 5.53. The number of aliphatic hydroxyl groups is 1. The second-order valence-electron chi connectivity index (χ2n) is 5.87. The molecular formula is C16H25NO2. The van der Waals surface area contributed by atoms with Crippen molar-refractivity contribution < 1.29 is 9.84 Å². The minimum absolute atomic E-state index is 0.201. The van der Waals surface area contributed by atoms with Gasteiger partial charge in [-0.1, -0.05) is 37.3 Å². The van der Waals surface area contributed by atoms with Crippen LogP contribution in [0.15, 0.2) is 30.3 Å². The Morgan fingerprint density at radius 3 is 2.79 bits per heavy atom. The molecule has 0 amide bonds. The average Bonchev–Trinajstić information content (AvgIpc) is 2.40. The first-order chi connectivity index (χ1) is 9.14. The zero-order chi connectivity index (χ0) is 13.7. The molecule has 2 rings (SSSR count). The lowest BCUT2D eigenvalue weighted by atomic mass is 9.76. The Morgan fingerprint density at radius 1 is 1.37 bits per heavy atom. The van der Waals surface area contributed by atoms with Crippen LogP contribution in [0.1, 0.15) is 25.3 Å². The molecule has 1 heterocycles. The molecule has 3 heteroatoms. The molecule has 106 valence electrons. The van der Waals surface area contributed by atoms with Crippen LogP contribution in [0.25, 0.3) is 0 Å². The zero-order valence-electron chi connectivity index (χ0n) is 12.0. The predicted octanol–water partition coefficient (Wildman–Crippen LogP) is 2.05. The van der Waals surface area contributed by atoms with Crippen LogP contribution in [0.4, 0.5) is 0 Å². The normalized spacial score (nSPS) is 26.3. The molecule has 0 spiro atoms. The van der Waals surface area contributed by atoms with E-state index in [4.69, 9.17) is 4.74 Å². The molecule has 3 nitrogen and oxygen atoms in total. The summed E-state index contributed by atoms with van der Waals surface area (Å²) < 4.78 is 5.01. The van der Waals surface area contributed by atoms with E-state index < -0.39 is 0 Å². The summed E-state index contributed by atoms with van der Waals surface area (Å²) in [7, 11) is 1.63. The first kappa shape index (κ1) is 14.5. The van der Waals surface area contributed by atoms with Crippen molar-refractivity contribution in [1.29, 1.82) is 0 Å². The molecule has 2 atom stereocenters. The van der Waals surface area contributed by atoms with Crippen LogP contribution in [0.3, 0.4) is 0 Å². The molecular weight excluding hydrogens is 238 g/mol. The fraction of sp³-hybridized carbons (Fsp3) is 0.625. The maximum atomic E-state index is 9.88. The molecule has 1 aliphatic heterocycles. The highest BCUT2D eigenvalue weighted by atomic mass is 16.5. The third-order valence-electron chi connectivity index (χ3n) is 4.07. The fourth-order valence-electron chi connectivity index (χ4n) is 3.12. The second kappa shape index (κ2) is 6.51. The van der Waals surface area contributed by atoms with Crippen LogP contribution in [0.5, 0.6) is 0 Å². The zero-order valence-corrected chi connectivity index (χ0v) is 12.0. The highest BCUT2D eigenvalue weighted by Crippen LogP contribution is 2.33. The maximum Gasteiger partial charge on any atom is 0.0900 e. The van der Waals surface area contributed by atoms with Crippen LogP contribution in [-0.2, 0) is 10.2 Å². The fourth-order valence-corrected chi connectivity index (χ4v) is 3.12. The van der Waals surface area contributed by atoms with Gasteiger partial charge in [0.15, 0.2) is 0 Å². The maximum absolute atomic E-state index is 9.88. The smallest absolute Gasteiger partial charge is 0.0900 e. The SMILES string of the molecule is COC[C@H](O)CN1CCC[C@](C)(c2ccccc2)C1. The molecule has 0 aromatic heterocycles. The predicted molar refractivity (Wildman–Crippen MR) is 77.4 cm³/mol. The van der Waals surface area contributed by atoms with Gasteiger partial charge in [0.1, 0.15) is 0 Å². The van der Waals surface area contributed by atoms with Gasteiger partial charge in [-0.15, -0.1) is 0 Å². The Hall–Kier alpha value is -0.900. The third-order valence-corrected chi connectivity index (χ3v) is 4.07. The van der Waals surface area contributed by atoms with E-state index in [9.17, 15) is 5.11 Å². The Morgan fingerprint density at radius 2 is 2.11 bits per heavy atom. The van der Waals surface area contributed by atoms with Gasteiger partial charge >= 0.3 is 0 Å². The van der Waals surface area contributed by atoms with Crippen molar-refractivity contribution in [3.8, 4) is 0 Å². The van der Waals surface area contributed by atoms with E-state index in [2.05, 4.69) is 42.2 Å². The van der Waals surface area contributed by atoms with Gasteiger partial charge in [0.05, 0.1) is 12.7 Å². The lowest BCUT2D eigenvalue weighted by Crippen LogP contribution is -2.47. The largest absolute Gasteiger partial charge is 0.389 e. The van der Waals surface area contributed by atoms with Crippen molar-refractivity contribution >= 4 is 0 Å². The first-order valence-corrected chi connectivity index (χ1v) is 7.09. The number of aliphatic hydroxyl groups excluding tert-OH is 1. The Labute approximate surface area is 116 Å².